The van der Waals surface area contributed by atoms with Crippen LogP contribution in [0, 0.1) is 5.92 Å². The van der Waals surface area contributed by atoms with E-state index < -0.39 is 17.8 Å². The second-order valence-electron chi connectivity index (χ2n) is 8.46. The first-order valence-corrected chi connectivity index (χ1v) is 10.2. The van der Waals surface area contributed by atoms with Gasteiger partial charge >= 0.3 is 6.09 Å². The van der Waals surface area contributed by atoms with Crippen molar-refractivity contribution in [1.29, 1.82) is 0 Å². The Labute approximate surface area is 173 Å². The summed E-state index contributed by atoms with van der Waals surface area (Å²) in [7, 11) is 1.62. The number of hydrogen-bond donors (Lipinski definition) is 1. The van der Waals surface area contributed by atoms with E-state index >= 15 is 0 Å². The second kappa shape index (κ2) is 10.5. The van der Waals surface area contributed by atoms with E-state index in [1.54, 1.807) is 14.0 Å². The molecule has 2 amide bonds. The van der Waals surface area contributed by atoms with Gasteiger partial charge < -0.3 is 24.4 Å². The molecule has 162 valence electrons. The van der Waals surface area contributed by atoms with E-state index in [0.29, 0.717) is 32.2 Å². The maximum absolute atomic E-state index is 12.7. The zero-order valence-electron chi connectivity index (χ0n) is 18.2. The number of amides is 2. The van der Waals surface area contributed by atoms with E-state index in [1.807, 2.05) is 49.9 Å². The van der Waals surface area contributed by atoms with E-state index in [-0.39, 0.29) is 5.91 Å². The third-order valence-corrected chi connectivity index (χ3v) is 4.84. The molecule has 1 fully saturated rings. The predicted octanol–water partition coefficient (Wildman–Crippen LogP) is 3.36. The van der Waals surface area contributed by atoms with Gasteiger partial charge in [0.15, 0.2) is 0 Å². The number of methoxy groups -OCH3 is 1. The highest BCUT2D eigenvalue weighted by Crippen LogP contribution is 2.19. The average Bonchev–Trinajstić information content (AvgIpc) is 2.69. The molecule has 1 aliphatic rings. The van der Waals surface area contributed by atoms with Crippen molar-refractivity contribution in [2.75, 3.05) is 26.7 Å². The number of hydrogen-bond acceptors (Lipinski definition) is 5. The van der Waals surface area contributed by atoms with Crippen LogP contribution in [0.15, 0.2) is 24.3 Å². The van der Waals surface area contributed by atoms with Crippen molar-refractivity contribution in [1.82, 2.24) is 10.2 Å². The van der Waals surface area contributed by atoms with E-state index in [1.165, 1.54) is 0 Å². The summed E-state index contributed by atoms with van der Waals surface area (Å²) < 4.78 is 16.2. The number of likely N-dealkylation sites (tertiary alicyclic amines) is 1. The predicted molar refractivity (Wildman–Crippen MR) is 111 cm³/mol. The Morgan fingerprint density at radius 3 is 2.55 bits per heavy atom. The molecule has 0 aromatic heterocycles. The number of nitrogens with one attached hydrogen (secondary N) is 1. The maximum Gasteiger partial charge on any atom is 0.407 e. The van der Waals surface area contributed by atoms with Crippen LogP contribution in [0.5, 0.6) is 5.75 Å². The molecule has 29 heavy (non-hydrogen) atoms. The zero-order valence-corrected chi connectivity index (χ0v) is 18.2. The minimum Gasteiger partial charge on any atom is -0.497 e. The molecule has 0 bridgehead atoms. The second-order valence-corrected chi connectivity index (χ2v) is 8.46. The molecule has 1 atom stereocenters. The van der Waals surface area contributed by atoms with Crippen molar-refractivity contribution in [3.8, 4) is 5.75 Å². The van der Waals surface area contributed by atoms with Crippen molar-refractivity contribution >= 4 is 12.0 Å². The minimum absolute atomic E-state index is 0.00597. The lowest BCUT2D eigenvalue weighted by atomic mass is 9.96. The fourth-order valence-electron chi connectivity index (χ4n) is 3.21. The molecular formula is C22H34N2O5. The SMILES string of the molecule is COc1cccc(COC(C)C(=O)N2CCC(CNC(=O)OC(C)(C)C)CC2)c1. The molecule has 0 saturated carbocycles. The summed E-state index contributed by atoms with van der Waals surface area (Å²) in [5.41, 5.74) is 0.469. The first kappa shape index (κ1) is 23.0. The summed E-state index contributed by atoms with van der Waals surface area (Å²) in [4.78, 5) is 26.3. The number of nitrogens with zero attached hydrogens (tertiary/aromatic N) is 1. The van der Waals surface area contributed by atoms with Crippen LogP contribution >= 0.6 is 0 Å². The van der Waals surface area contributed by atoms with Crippen molar-refractivity contribution in [2.24, 2.45) is 5.92 Å². The first-order valence-electron chi connectivity index (χ1n) is 10.2. The van der Waals surface area contributed by atoms with Crippen molar-refractivity contribution in [2.45, 2.75) is 58.8 Å². The fraction of sp³-hybridized carbons (Fsp3) is 0.636. The molecule has 7 nitrogen and oxygen atoms in total. The van der Waals surface area contributed by atoms with E-state index in [0.717, 1.165) is 24.2 Å². The Bertz CT molecular complexity index is 678. The van der Waals surface area contributed by atoms with Crippen LogP contribution in [0.2, 0.25) is 0 Å². The van der Waals surface area contributed by atoms with Crippen LogP contribution in [-0.4, -0.2) is 55.3 Å². The van der Waals surface area contributed by atoms with Gasteiger partial charge in [0.25, 0.3) is 5.91 Å². The van der Waals surface area contributed by atoms with Gasteiger partial charge in [-0.2, -0.15) is 0 Å². The highest BCUT2D eigenvalue weighted by atomic mass is 16.6. The van der Waals surface area contributed by atoms with E-state index in [4.69, 9.17) is 14.2 Å². The standard InChI is InChI=1S/C22H34N2O5/c1-16(28-15-18-7-6-8-19(13-18)27-5)20(25)24-11-9-17(10-12-24)14-23-21(26)29-22(2,3)4/h6-8,13,16-17H,9-12,14-15H2,1-5H3,(H,23,26). The number of alkyl carbamates (subject to hydrolysis) is 1. The van der Waals surface area contributed by atoms with Gasteiger partial charge in [-0.05, 0) is 64.2 Å². The van der Waals surface area contributed by atoms with Gasteiger partial charge in [-0.15, -0.1) is 0 Å². The van der Waals surface area contributed by atoms with Crippen molar-refractivity contribution < 1.29 is 23.8 Å². The number of rotatable bonds is 7. The zero-order chi connectivity index (χ0) is 21.4. The number of piperidine rings is 1. The van der Waals surface area contributed by atoms with Gasteiger partial charge in [0, 0.05) is 19.6 Å². The Kier molecular flexibility index (Phi) is 8.32. The number of carbonyl (C=O) groups excluding carboxylic acids is 2. The molecule has 1 aliphatic heterocycles. The molecule has 1 aromatic carbocycles. The molecular weight excluding hydrogens is 372 g/mol. The molecule has 7 heteroatoms. The number of carbonyl (C=O) groups is 2. The summed E-state index contributed by atoms with van der Waals surface area (Å²) in [5, 5.41) is 2.82. The Morgan fingerprint density at radius 2 is 1.93 bits per heavy atom. The third-order valence-electron chi connectivity index (χ3n) is 4.84. The lowest BCUT2D eigenvalue weighted by Gasteiger charge is -2.33. The molecule has 0 radical (unpaired) electrons. The van der Waals surface area contributed by atoms with Crippen molar-refractivity contribution in [3.63, 3.8) is 0 Å². The Hall–Kier alpha value is -2.28. The monoisotopic (exact) mass is 406 g/mol. The van der Waals surface area contributed by atoms with Crippen LogP contribution in [0.25, 0.3) is 0 Å². The molecule has 1 N–H and O–H groups in total. The van der Waals surface area contributed by atoms with Gasteiger partial charge in [0.2, 0.25) is 0 Å². The summed E-state index contributed by atoms with van der Waals surface area (Å²) in [6.45, 7) is 9.59. The van der Waals surface area contributed by atoms with Crippen LogP contribution in [-0.2, 0) is 20.9 Å². The van der Waals surface area contributed by atoms with Gasteiger partial charge in [-0.3, -0.25) is 4.79 Å². The smallest absolute Gasteiger partial charge is 0.407 e. The first-order chi connectivity index (χ1) is 13.7. The summed E-state index contributed by atoms with van der Waals surface area (Å²) in [5.74, 6) is 1.12. The summed E-state index contributed by atoms with van der Waals surface area (Å²) in [6.07, 6.45) is 0.807. The maximum atomic E-state index is 12.7. The number of ether oxygens (including phenoxy) is 3. The topological polar surface area (TPSA) is 77.1 Å². The molecule has 1 unspecified atom stereocenters. The Balaban J connectivity index is 1.71. The summed E-state index contributed by atoms with van der Waals surface area (Å²) in [6, 6.07) is 7.63. The third kappa shape index (κ3) is 7.93. The van der Waals surface area contributed by atoms with Crippen LogP contribution in [0.3, 0.4) is 0 Å². The van der Waals surface area contributed by atoms with E-state index in [2.05, 4.69) is 5.32 Å². The highest BCUT2D eigenvalue weighted by molar-refractivity contribution is 5.80. The van der Waals surface area contributed by atoms with Crippen LogP contribution < -0.4 is 10.1 Å². The average molecular weight is 407 g/mol. The molecule has 0 spiro atoms. The largest absolute Gasteiger partial charge is 0.497 e. The minimum atomic E-state index is -0.502. The Morgan fingerprint density at radius 1 is 1.24 bits per heavy atom. The lowest BCUT2D eigenvalue weighted by molar-refractivity contribution is -0.144. The normalized spacial score (nSPS) is 16.2. The van der Waals surface area contributed by atoms with Gasteiger partial charge in [-0.25, -0.2) is 4.79 Å². The molecule has 2 rings (SSSR count). The molecule has 1 aromatic rings. The quantitative estimate of drug-likeness (QED) is 0.751. The van der Waals surface area contributed by atoms with E-state index in [9.17, 15) is 9.59 Å². The molecule has 1 heterocycles. The van der Waals surface area contributed by atoms with Crippen LogP contribution in [0.4, 0.5) is 4.79 Å². The van der Waals surface area contributed by atoms with Gasteiger partial charge in [-0.1, -0.05) is 12.1 Å². The molecule has 1 saturated heterocycles. The van der Waals surface area contributed by atoms with Gasteiger partial charge in [0.05, 0.1) is 13.7 Å². The lowest BCUT2D eigenvalue weighted by Crippen LogP contribution is -2.45. The highest BCUT2D eigenvalue weighted by Gasteiger charge is 2.27. The fourth-order valence-corrected chi connectivity index (χ4v) is 3.21. The summed E-state index contributed by atoms with van der Waals surface area (Å²) >= 11 is 0. The van der Waals surface area contributed by atoms with Crippen LogP contribution in [0.1, 0.15) is 46.1 Å². The van der Waals surface area contributed by atoms with Crippen molar-refractivity contribution in [3.05, 3.63) is 29.8 Å². The molecule has 0 aliphatic carbocycles. The number of benzene rings is 1. The van der Waals surface area contributed by atoms with Gasteiger partial charge in [0.1, 0.15) is 17.5 Å².